The number of benzene rings is 2. The zero-order valence-corrected chi connectivity index (χ0v) is 14.4. The summed E-state index contributed by atoms with van der Waals surface area (Å²) < 4.78 is 5.30. The Morgan fingerprint density at radius 3 is 2.36 bits per heavy atom. The van der Waals surface area contributed by atoms with Crippen LogP contribution in [0.25, 0.3) is 11.4 Å². The van der Waals surface area contributed by atoms with Gasteiger partial charge in [-0.25, -0.2) is 0 Å². The molecule has 0 aliphatic heterocycles. The third kappa shape index (κ3) is 3.94. The third-order valence-electron chi connectivity index (χ3n) is 4.16. The van der Waals surface area contributed by atoms with Gasteiger partial charge in [-0.05, 0) is 12.0 Å². The zero-order chi connectivity index (χ0) is 17.6. The first kappa shape index (κ1) is 16.9. The van der Waals surface area contributed by atoms with Crippen LogP contribution in [-0.2, 0) is 11.3 Å². The predicted octanol–water partition coefficient (Wildman–Crippen LogP) is 3.89. The van der Waals surface area contributed by atoms with Gasteiger partial charge in [-0.15, -0.1) is 0 Å². The number of carbonyl (C=O) groups excluding carboxylic acids is 1. The number of hydrogen-bond acceptors (Lipinski definition) is 4. The Bertz CT molecular complexity index is 815. The molecule has 0 N–H and O–H groups in total. The van der Waals surface area contributed by atoms with Crippen molar-refractivity contribution in [3.05, 3.63) is 72.1 Å². The molecule has 5 heteroatoms. The molecule has 1 heterocycles. The lowest BCUT2D eigenvalue weighted by Gasteiger charge is -2.22. The fourth-order valence-electron chi connectivity index (χ4n) is 2.81. The van der Waals surface area contributed by atoms with Crippen LogP contribution in [0.4, 0.5) is 0 Å². The number of amides is 1. The molecule has 1 unspecified atom stereocenters. The van der Waals surface area contributed by atoms with Crippen molar-refractivity contribution in [3.8, 4) is 11.4 Å². The standard InChI is InChI=1S/C20H21N3O2/c1-3-17(15-10-6-4-7-11-15)20(24)23(2)14-18-21-19(22-25-18)16-12-8-5-9-13-16/h4-13,17H,3,14H2,1-2H3. The van der Waals surface area contributed by atoms with Gasteiger partial charge in [0.2, 0.25) is 17.6 Å². The van der Waals surface area contributed by atoms with E-state index < -0.39 is 0 Å². The lowest BCUT2D eigenvalue weighted by molar-refractivity contribution is -0.132. The number of nitrogens with zero attached hydrogens (tertiary/aromatic N) is 3. The molecule has 0 radical (unpaired) electrons. The van der Waals surface area contributed by atoms with Crippen molar-refractivity contribution in [1.82, 2.24) is 15.0 Å². The van der Waals surface area contributed by atoms with E-state index in [0.29, 0.717) is 18.3 Å². The highest BCUT2D eigenvalue weighted by molar-refractivity contribution is 5.83. The first-order valence-electron chi connectivity index (χ1n) is 8.37. The summed E-state index contributed by atoms with van der Waals surface area (Å²) in [6.07, 6.45) is 0.742. The van der Waals surface area contributed by atoms with Gasteiger partial charge in [-0.3, -0.25) is 4.79 Å². The van der Waals surface area contributed by atoms with Gasteiger partial charge in [-0.2, -0.15) is 4.98 Å². The van der Waals surface area contributed by atoms with Crippen molar-refractivity contribution < 1.29 is 9.32 Å². The summed E-state index contributed by atoms with van der Waals surface area (Å²) in [6, 6.07) is 19.5. The topological polar surface area (TPSA) is 59.2 Å². The van der Waals surface area contributed by atoms with Gasteiger partial charge in [0.25, 0.3) is 0 Å². The number of rotatable bonds is 6. The number of hydrogen-bond donors (Lipinski definition) is 0. The zero-order valence-electron chi connectivity index (χ0n) is 14.4. The Hall–Kier alpha value is -2.95. The Kier molecular flexibility index (Phi) is 5.23. The van der Waals surface area contributed by atoms with Crippen molar-refractivity contribution >= 4 is 5.91 Å². The molecule has 3 aromatic rings. The van der Waals surface area contributed by atoms with Gasteiger partial charge in [0.05, 0.1) is 12.5 Å². The summed E-state index contributed by atoms with van der Waals surface area (Å²) in [5, 5.41) is 4.00. The number of carbonyl (C=O) groups is 1. The lowest BCUT2D eigenvalue weighted by Crippen LogP contribution is -2.31. The van der Waals surface area contributed by atoms with Crippen molar-refractivity contribution in [2.75, 3.05) is 7.05 Å². The van der Waals surface area contributed by atoms with Crippen molar-refractivity contribution in [2.24, 2.45) is 0 Å². The Labute approximate surface area is 147 Å². The average molecular weight is 335 g/mol. The molecule has 1 aromatic heterocycles. The van der Waals surface area contributed by atoms with Gasteiger partial charge < -0.3 is 9.42 Å². The molecule has 0 saturated heterocycles. The molecule has 25 heavy (non-hydrogen) atoms. The van der Waals surface area contributed by atoms with E-state index in [4.69, 9.17) is 4.52 Å². The molecule has 5 nitrogen and oxygen atoms in total. The first-order chi connectivity index (χ1) is 12.2. The van der Waals surface area contributed by atoms with Crippen molar-refractivity contribution in [2.45, 2.75) is 25.8 Å². The van der Waals surface area contributed by atoms with Crippen LogP contribution in [0.1, 0.15) is 30.7 Å². The quantitative estimate of drug-likeness (QED) is 0.686. The predicted molar refractivity (Wildman–Crippen MR) is 95.7 cm³/mol. The van der Waals surface area contributed by atoms with Crippen LogP contribution in [0.15, 0.2) is 65.2 Å². The normalized spacial score (nSPS) is 11.9. The fourth-order valence-corrected chi connectivity index (χ4v) is 2.81. The Morgan fingerprint density at radius 2 is 1.72 bits per heavy atom. The second-order valence-corrected chi connectivity index (χ2v) is 5.94. The van der Waals surface area contributed by atoms with Crippen LogP contribution >= 0.6 is 0 Å². The van der Waals surface area contributed by atoms with Crippen LogP contribution in [0.3, 0.4) is 0 Å². The molecule has 1 amide bonds. The van der Waals surface area contributed by atoms with Crippen LogP contribution in [0.2, 0.25) is 0 Å². The van der Waals surface area contributed by atoms with Crippen LogP contribution < -0.4 is 0 Å². The van der Waals surface area contributed by atoms with E-state index in [-0.39, 0.29) is 11.8 Å². The van der Waals surface area contributed by atoms with Gasteiger partial charge in [-0.1, -0.05) is 72.7 Å². The molecule has 1 atom stereocenters. The first-order valence-corrected chi connectivity index (χ1v) is 8.37. The average Bonchev–Trinajstić information content (AvgIpc) is 3.12. The molecule has 0 bridgehead atoms. The summed E-state index contributed by atoms with van der Waals surface area (Å²) >= 11 is 0. The largest absolute Gasteiger partial charge is 0.337 e. The SMILES string of the molecule is CCC(C(=O)N(C)Cc1nc(-c2ccccc2)no1)c1ccccc1. The molecular formula is C20H21N3O2. The smallest absolute Gasteiger partial charge is 0.246 e. The minimum absolute atomic E-state index is 0.0492. The Balaban J connectivity index is 1.70. The highest BCUT2D eigenvalue weighted by Gasteiger charge is 2.23. The van der Waals surface area contributed by atoms with Gasteiger partial charge >= 0.3 is 0 Å². The van der Waals surface area contributed by atoms with Crippen LogP contribution in [-0.4, -0.2) is 28.0 Å². The van der Waals surface area contributed by atoms with Crippen molar-refractivity contribution in [3.63, 3.8) is 0 Å². The summed E-state index contributed by atoms with van der Waals surface area (Å²) in [5.74, 6) is 0.847. The summed E-state index contributed by atoms with van der Waals surface area (Å²) in [6.45, 7) is 2.31. The molecule has 2 aromatic carbocycles. The second kappa shape index (κ2) is 7.75. The van der Waals surface area contributed by atoms with E-state index in [1.54, 1.807) is 11.9 Å². The maximum absolute atomic E-state index is 12.8. The molecule has 0 fully saturated rings. The van der Waals surface area contributed by atoms with Gasteiger partial charge in [0.1, 0.15) is 0 Å². The summed E-state index contributed by atoms with van der Waals surface area (Å²) in [4.78, 5) is 18.8. The maximum atomic E-state index is 12.8. The number of aromatic nitrogens is 2. The third-order valence-corrected chi connectivity index (χ3v) is 4.16. The molecule has 128 valence electrons. The van der Waals surface area contributed by atoms with Crippen LogP contribution in [0, 0.1) is 0 Å². The van der Waals surface area contributed by atoms with E-state index in [1.165, 1.54) is 0 Å². The van der Waals surface area contributed by atoms with E-state index in [9.17, 15) is 4.79 Å². The van der Waals surface area contributed by atoms with E-state index in [1.807, 2.05) is 67.6 Å². The minimum atomic E-state index is -0.164. The maximum Gasteiger partial charge on any atom is 0.246 e. The monoisotopic (exact) mass is 335 g/mol. The molecular weight excluding hydrogens is 314 g/mol. The van der Waals surface area contributed by atoms with Gasteiger partial charge in [0.15, 0.2) is 0 Å². The summed E-state index contributed by atoms with van der Waals surface area (Å²) in [7, 11) is 1.76. The minimum Gasteiger partial charge on any atom is -0.337 e. The molecule has 0 aliphatic carbocycles. The molecule has 0 aliphatic rings. The van der Waals surface area contributed by atoms with Crippen molar-refractivity contribution in [1.29, 1.82) is 0 Å². The Morgan fingerprint density at radius 1 is 1.08 bits per heavy atom. The molecule has 0 spiro atoms. The summed E-state index contributed by atoms with van der Waals surface area (Å²) in [5.41, 5.74) is 1.92. The van der Waals surface area contributed by atoms with Gasteiger partial charge in [0, 0.05) is 12.6 Å². The second-order valence-electron chi connectivity index (χ2n) is 5.94. The van der Waals surface area contributed by atoms with Crippen LogP contribution in [0.5, 0.6) is 0 Å². The molecule has 0 saturated carbocycles. The van der Waals surface area contributed by atoms with E-state index >= 15 is 0 Å². The number of likely N-dealkylation sites (N-methyl/N-ethyl adjacent to an activating group) is 1. The van der Waals surface area contributed by atoms with E-state index in [0.717, 1.165) is 17.5 Å². The lowest BCUT2D eigenvalue weighted by atomic mass is 9.95. The molecule has 3 rings (SSSR count). The fraction of sp³-hybridized carbons (Fsp3) is 0.250. The highest BCUT2D eigenvalue weighted by atomic mass is 16.5. The highest BCUT2D eigenvalue weighted by Crippen LogP contribution is 2.22. The van der Waals surface area contributed by atoms with E-state index in [2.05, 4.69) is 10.1 Å².